The highest BCUT2D eigenvalue weighted by atomic mass is 16.7. The van der Waals surface area contributed by atoms with Crippen LogP contribution in [-0.4, -0.2) is 30.0 Å². The van der Waals surface area contributed by atoms with Crippen LogP contribution >= 0.6 is 0 Å². The lowest BCUT2D eigenvalue weighted by Crippen LogP contribution is -2.37. The van der Waals surface area contributed by atoms with Crippen molar-refractivity contribution in [1.82, 2.24) is 4.98 Å². The highest BCUT2D eigenvalue weighted by molar-refractivity contribution is 6.23. The first-order valence-corrected chi connectivity index (χ1v) is 9.62. The molecule has 0 N–H and O–H groups in total. The van der Waals surface area contributed by atoms with Gasteiger partial charge in [0.15, 0.2) is 6.10 Å². The largest absolute Gasteiger partial charge is 0.497 e. The third-order valence-electron chi connectivity index (χ3n) is 5.50. The number of ether oxygens (including phenoxy) is 1. The number of methoxy groups -OCH3 is 1. The smallest absolute Gasteiger partial charge is 0.266 e. The Labute approximate surface area is 173 Å². The molecule has 7 nitrogen and oxygen atoms in total. The van der Waals surface area contributed by atoms with Gasteiger partial charge < -0.3 is 4.74 Å². The molecule has 0 spiro atoms. The van der Waals surface area contributed by atoms with E-state index < -0.39 is 18.1 Å². The van der Waals surface area contributed by atoms with Crippen LogP contribution in [0.4, 0.5) is 11.4 Å². The summed E-state index contributed by atoms with van der Waals surface area (Å²) < 4.78 is 5.17. The number of rotatable bonds is 4. The van der Waals surface area contributed by atoms with Crippen LogP contribution < -0.4 is 14.7 Å². The fraction of sp³-hybridized carbons (Fsp3) is 0.174. The standard InChI is InChI=1S/C23H19N3O4/c1-29-18-9-7-16(8-10-18)25-22(27)19-20(15-11-13-24-14-12-15)26(30-21(19)23(25)28)17-5-3-2-4-6-17/h2-14,19-21H,1H3/t19-,20+,21+/m0/s1. The number of nitrogens with zero attached hydrogens (tertiary/aromatic N) is 3. The van der Waals surface area contributed by atoms with Gasteiger partial charge in [0.25, 0.3) is 5.91 Å². The van der Waals surface area contributed by atoms with E-state index in [-0.39, 0.29) is 11.8 Å². The Kier molecular flexibility index (Phi) is 4.44. The molecule has 5 rings (SSSR count). The molecule has 150 valence electrons. The lowest BCUT2D eigenvalue weighted by Gasteiger charge is -2.28. The predicted molar refractivity (Wildman–Crippen MR) is 110 cm³/mol. The predicted octanol–water partition coefficient (Wildman–Crippen LogP) is 3.14. The van der Waals surface area contributed by atoms with Crippen LogP contribution in [0.15, 0.2) is 79.1 Å². The summed E-state index contributed by atoms with van der Waals surface area (Å²) >= 11 is 0. The van der Waals surface area contributed by atoms with E-state index in [1.165, 1.54) is 4.90 Å². The highest BCUT2D eigenvalue weighted by Gasteiger charge is 2.60. The van der Waals surface area contributed by atoms with E-state index in [4.69, 9.17) is 9.57 Å². The number of para-hydroxylation sites is 1. The molecule has 2 aliphatic rings. The molecule has 2 aromatic carbocycles. The molecule has 0 saturated carbocycles. The fourth-order valence-electron chi connectivity index (χ4n) is 4.10. The summed E-state index contributed by atoms with van der Waals surface area (Å²) in [6.07, 6.45) is 2.46. The van der Waals surface area contributed by atoms with Crippen molar-refractivity contribution < 1.29 is 19.2 Å². The number of pyridine rings is 1. The lowest BCUT2D eigenvalue weighted by molar-refractivity contribution is -0.126. The van der Waals surface area contributed by atoms with E-state index in [1.54, 1.807) is 48.8 Å². The summed E-state index contributed by atoms with van der Waals surface area (Å²) in [7, 11) is 1.57. The number of benzene rings is 2. The van der Waals surface area contributed by atoms with Gasteiger partial charge in [-0.1, -0.05) is 18.2 Å². The summed E-state index contributed by atoms with van der Waals surface area (Å²) in [4.78, 5) is 38.1. The minimum atomic E-state index is -0.891. The van der Waals surface area contributed by atoms with Gasteiger partial charge in [0, 0.05) is 12.4 Å². The highest BCUT2D eigenvalue weighted by Crippen LogP contribution is 2.47. The third kappa shape index (κ3) is 2.83. The van der Waals surface area contributed by atoms with Crippen molar-refractivity contribution in [2.45, 2.75) is 12.1 Å². The number of aromatic nitrogens is 1. The molecule has 3 atom stereocenters. The number of hydrogen-bond acceptors (Lipinski definition) is 6. The van der Waals surface area contributed by atoms with Crippen LogP contribution in [0.25, 0.3) is 0 Å². The van der Waals surface area contributed by atoms with Crippen molar-refractivity contribution >= 4 is 23.2 Å². The zero-order chi connectivity index (χ0) is 20.7. The number of hydroxylamine groups is 1. The Hall–Kier alpha value is -3.71. The molecule has 3 heterocycles. The molecule has 0 bridgehead atoms. The van der Waals surface area contributed by atoms with Gasteiger partial charge in [0.2, 0.25) is 5.91 Å². The fourth-order valence-corrected chi connectivity index (χ4v) is 4.10. The second kappa shape index (κ2) is 7.27. The quantitative estimate of drug-likeness (QED) is 0.626. The maximum Gasteiger partial charge on any atom is 0.266 e. The number of fused-ring (bicyclic) bond motifs is 1. The number of carbonyl (C=O) groups is 2. The van der Waals surface area contributed by atoms with Crippen LogP contribution in [0.3, 0.4) is 0 Å². The summed E-state index contributed by atoms with van der Waals surface area (Å²) in [6.45, 7) is 0. The van der Waals surface area contributed by atoms with E-state index in [0.29, 0.717) is 11.4 Å². The summed E-state index contributed by atoms with van der Waals surface area (Å²) in [5.74, 6) is -0.663. The lowest BCUT2D eigenvalue weighted by atomic mass is 9.91. The molecule has 3 aromatic rings. The molecule has 2 aliphatic heterocycles. The molecule has 0 aliphatic carbocycles. The maximum absolute atomic E-state index is 13.5. The number of hydrogen-bond donors (Lipinski definition) is 0. The molecule has 7 heteroatoms. The molecular formula is C23H19N3O4. The van der Waals surface area contributed by atoms with Crippen LogP contribution in [0, 0.1) is 5.92 Å². The molecule has 0 radical (unpaired) electrons. The molecule has 1 aromatic heterocycles. The van der Waals surface area contributed by atoms with Gasteiger partial charge in [-0.25, -0.2) is 9.96 Å². The molecule has 0 unspecified atom stereocenters. The first-order valence-electron chi connectivity index (χ1n) is 9.62. The van der Waals surface area contributed by atoms with E-state index in [9.17, 15) is 9.59 Å². The summed E-state index contributed by atoms with van der Waals surface area (Å²) in [5, 5.41) is 1.67. The average molecular weight is 401 g/mol. The van der Waals surface area contributed by atoms with E-state index in [2.05, 4.69) is 4.98 Å². The minimum absolute atomic E-state index is 0.282. The zero-order valence-corrected chi connectivity index (χ0v) is 16.2. The van der Waals surface area contributed by atoms with Crippen LogP contribution in [0.5, 0.6) is 5.75 Å². The molecule has 2 saturated heterocycles. The van der Waals surface area contributed by atoms with Crippen LogP contribution in [0.2, 0.25) is 0 Å². The van der Waals surface area contributed by atoms with Crippen molar-refractivity contribution in [3.63, 3.8) is 0 Å². The van der Waals surface area contributed by atoms with E-state index in [1.807, 2.05) is 42.5 Å². The zero-order valence-electron chi connectivity index (χ0n) is 16.2. The monoisotopic (exact) mass is 401 g/mol. The van der Waals surface area contributed by atoms with Gasteiger partial charge in [-0.05, 0) is 54.1 Å². The number of anilines is 2. The molecule has 30 heavy (non-hydrogen) atoms. The van der Waals surface area contributed by atoms with Crippen LogP contribution in [0.1, 0.15) is 11.6 Å². The van der Waals surface area contributed by atoms with Gasteiger partial charge in [-0.3, -0.25) is 19.4 Å². The van der Waals surface area contributed by atoms with Gasteiger partial charge >= 0.3 is 0 Å². The minimum Gasteiger partial charge on any atom is -0.497 e. The van der Waals surface area contributed by atoms with Gasteiger partial charge in [0.1, 0.15) is 11.7 Å². The Balaban J connectivity index is 1.55. The Morgan fingerprint density at radius 1 is 0.867 bits per heavy atom. The first-order chi connectivity index (χ1) is 14.7. The van der Waals surface area contributed by atoms with Gasteiger partial charge in [0.05, 0.1) is 24.5 Å². The molecule has 2 fully saturated rings. The Morgan fingerprint density at radius 3 is 2.23 bits per heavy atom. The second-order valence-corrected chi connectivity index (χ2v) is 7.15. The number of imide groups is 1. The third-order valence-corrected chi connectivity index (χ3v) is 5.50. The van der Waals surface area contributed by atoms with Crippen molar-refractivity contribution in [3.8, 4) is 5.75 Å². The first kappa shape index (κ1) is 18.3. The number of amides is 2. The number of carbonyl (C=O) groups excluding carboxylic acids is 2. The Bertz CT molecular complexity index is 1070. The van der Waals surface area contributed by atoms with Gasteiger partial charge in [-0.15, -0.1) is 0 Å². The van der Waals surface area contributed by atoms with E-state index in [0.717, 1.165) is 11.3 Å². The average Bonchev–Trinajstić information content (AvgIpc) is 3.31. The normalized spacial score (nSPS) is 23.0. The topological polar surface area (TPSA) is 72.0 Å². The van der Waals surface area contributed by atoms with Crippen molar-refractivity contribution in [2.24, 2.45) is 5.92 Å². The second-order valence-electron chi connectivity index (χ2n) is 7.15. The molecular weight excluding hydrogens is 382 g/mol. The van der Waals surface area contributed by atoms with Crippen molar-refractivity contribution in [1.29, 1.82) is 0 Å². The van der Waals surface area contributed by atoms with Crippen molar-refractivity contribution in [2.75, 3.05) is 17.1 Å². The summed E-state index contributed by atoms with van der Waals surface area (Å²) in [5.41, 5.74) is 2.15. The SMILES string of the molecule is COc1ccc(N2C(=O)[C@H]3[C@@H](c4ccncc4)N(c4ccccc4)O[C@H]3C2=O)cc1. The summed E-state index contributed by atoms with van der Waals surface area (Å²) in [6, 6.07) is 19.6. The molecule has 2 amide bonds. The van der Waals surface area contributed by atoms with E-state index >= 15 is 0 Å². The Morgan fingerprint density at radius 2 is 1.57 bits per heavy atom. The maximum atomic E-state index is 13.5. The van der Waals surface area contributed by atoms with Crippen LogP contribution in [-0.2, 0) is 14.4 Å². The van der Waals surface area contributed by atoms with Gasteiger partial charge in [-0.2, -0.15) is 0 Å². The van der Waals surface area contributed by atoms with Crippen molar-refractivity contribution in [3.05, 3.63) is 84.7 Å².